The molecule has 0 spiro atoms. The highest BCUT2D eigenvalue weighted by Crippen LogP contribution is 2.38. The molecule has 2 aliphatic rings. The van der Waals surface area contributed by atoms with E-state index in [2.05, 4.69) is 17.6 Å². The summed E-state index contributed by atoms with van der Waals surface area (Å²) < 4.78 is 0. The van der Waals surface area contributed by atoms with Gasteiger partial charge in [0.2, 0.25) is 5.91 Å². The first kappa shape index (κ1) is 17.9. The summed E-state index contributed by atoms with van der Waals surface area (Å²) in [6, 6.07) is 7.34. The van der Waals surface area contributed by atoms with E-state index in [-0.39, 0.29) is 17.7 Å². The quantitative estimate of drug-likeness (QED) is 0.835. The van der Waals surface area contributed by atoms with Crippen molar-refractivity contribution in [3.05, 3.63) is 29.8 Å². The van der Waals surface area contributed by atoms with Crippen LogP contribution in [0.3, 0.4) is 0 Å². The van der Waals surface area contributed by atoms with Crippen molar-refractivity contribution in [1.82, 2.24) is 10.2 Å². The van der Waals surface area contributed by atoms with E-state index in [1.807, 2.05) is 30.1 Å². The van der Waals surface area contributed by atoms with Gasteiger partial charge in [0.15, 0.2) is 0 Å². The highest BCUT2D eigenvalue weighted by atomic mass is 16.2. The summed E-state index contributed by atoms with van der Waals surface area (Å²) in [7, 11) is 1.98. The van der Waals surface area contributed by atoms with Crippen LogP contribution >= 0.6 is 0 Å². The van der Waals surface area contributed by atoms with Crippen molar-refractivity contribution in [3.63, 3.8) is 0 Å². The van der Waals surface area contributed by atoms with Gasteiger partial charge in [-0.2, -0.15) is 0 Å². The molecule has 25 heavy (non-hydrogen) atoms. The van der Waals surface area contributed by atoms with Crippen molar-refractivity contribution in [2.75, 3.05) is 32.0 Å². The summed E-state index contributed by atoms with van der Waals surface area (Å²) in [5, 5.41) is 6.14. The molecule has 2 amide bonds. The van der Waals surface area contributed by atoms with E-state index in [1.165, 1.54) is 6.42 Å². The molecule has 2 atom stereocenters. The molecule has 2 N–H and O–H groups in total. The number of likely N-dealkylation sites (tertiary alicyclic amines) is 1. The lowest BCUT2D eigenvalue weighted by atomic mass is 9.93. The number of hydrogen-bond donors (Lipinski definition) is 2. The van der Waals surface area contributed by atoms with Crippen molar-refractivity contribution < 1.29 is 9.59 Å². The Balaban J connectivity index is 1.55. The van der Waals surface area contributed by atoms with Crippen LogP contribution < -0.4 is 10.6 Å². The molecule has 5 nitrogen and oxygen atoms in total. The average molecular weight is 343 g/mol. The summed E-state index contributed by atoms with van der Waals surface area (Å²) in [5.74, 6) is 1.47. The Labute approximate surface area is 150 Å². The van der Waals surface area contributed by atoms with E-state index in [1.54, 1.807) is 6.07 Å². The van der Waals surface area contributed by atoms with E-state index >= 15 is 0 Å². The number of amides is 2. The maximum Gasteiger partial charge on any atom is 0.253 e. The predicted molar refractivity (Wildman–Crippen MR) is 99.5 cm³/mol. The SMILES string of the molecule is CNCCC1CCN(C(=O)c2cccc(NC(=O)C3CC3C)c2)CC1. The Morgan fingerprint density at radius 3 is 2.60 bits per heavy atom. The number of rotatable bonds is 6. The molecule has 1 aromatic carbocycles. The topological polar surface area (TPSA) is 61.4 Å². The second-order valence-electron chi connectivity index (χ2n) is 7.52. The monoisotopic (exact) mass is 343 g/mol. The third-order valence-corrected chi connectivity index (χ3v) is 5.53. The second-order valence-corrected chi connectivity index (χ2v) is 7.52. The van der Waals surface area contributed by atoms with Gasteiger partial charge in [-0.3, -0.25) is 9.59 Å². The highest BCUT2D eigenvalue weighted by Gasteiger charge is 2.39. The summed E-state index contributed by atoms with van der Waals surface area (Å²) in [6.45, 7) is 4.77. The Morgan fingerprint density at radius 2 is 1.96 bits per heavy atom. The summed E-state index contributed by atoms with van der Waals surface area (Å²) >= 11 is 0. The van der Waals surface area contributed by atoms with Crippen LogP contribution in [0.1, 0.15) is 43.0 Å². The smallest absolute Gasteiger partial charge is 0.253 e. The lowest BCUT2D eigenvalue weighted by Gasteiger charge is -2.32. The van der Waals surface area contributed by atoms with Gasteiger partial charge in [0, 0.05) is 30.3 Å². The van der Waals surface area contributed by atoms with Crippen LogP contribution in [0.15, 0.2) is 24.3 Å². The van der Waals surface area contributed by atoms with Gasteiger partial charge in [-0.25, -0.2) is 0 Å². The summed E-state index contributed by atoms with van der Waals surface area (Å²) in [6.07, 6.45) is 4.29. The first-order chi connectivity index (χ1) is 12.1. The minimum absolute atomic E-state index is 0.0717. The maximum atomic E-state index is 12.8. The third kappa shape index (κ3) is 4.60. The predicted octanol–water partition coefficient (Wildman–Crippen LogP) is 2.74. The zero-order chi connectivity index (χ0) is 17.8. The number of piperidine rings is 1. The molecule has 0 bridgehead atoms. The molecule has 1 heterocycles. The van der Waals surface area contributed by atoms with Crippen molar-refractivity contribution in [3.8, 4) is 0 Å². The third-order valence-electron chi connectivity index (χ3n) is 5.53. The number of carbonyl (C=O) groups is 2. The summed E-state index contributed by atoms with van der Waals surface area (Å²) in [4.78, 5) is 26.8. The maximum absolute atomic E-state index is 12.8. The Hall–Kier alpha value is -1.88. The molecule has 0 aromatic heterocycles. The van der Waals surface area contributed by atoms with Crippen molar-refractivity contribution in [1.29, 1.82) is 0 Å². The number of hydrogen-bond acceptors (Lipinski definition) is 3. The van der Waals surface area contributed by atoms with Gasteiger partial charge in [-0.15, -0.1) is 0 Å². The summed E-state index contributed by atoms with van der Waals surface area (Å²) in [5.41, 5.74) is 1.38. The number of carbonyl (C=O) groups excluding carboxylic acids is 2. The van der Waals surface area contributed by atoms with E-state index in [4.69, 9.17) is 0 Å². The molecule has 136 valence electrons. The van der Waals surface area contributed by atoms with Gasteiger partial charge >= 0.3 is 0 Å². The van der Waals surface area contributed by atoms with Crippen LogP contribution in [0.2, 0.25) is 0 Å². The lowest BCUT2D eigenvalue weighted by molar-refractivity contribution is -0.117. The second kappa shape index (κ2) is 8.00. The molecule has 5 heteroatoms. The molecule has 3 rings (SSSR count). The molecule has 2 unspecified atom stereocenters. The number of nitrogens with zero attached hydrogens (tertiary/aromatic N) is 1. The van der Waals surface area contributed by atoms with Crippen LogP contribution in [-0.2, 0) is 4.79 Å². The van der Waals surface area contributed by atoms with Gasteiger partial charge in [0.05, 0.1) is 0 Å². The zero-order valence-electron chi connectivity index (χ0n) is 15.3. The largest absolute Gasteiger partial charge is 0.339 e. The van der Waals surface area contributed by atoms with Gasteiger partial charge in [0.1, 0.15) is 0 Å². The lowest BCUT2D eigenvalue weighted by Crippen LogP contribution is -2.39. The van der Waals surface area contributed by atoms with Crippen molar-refractivity contribution in [2.24, 2.45) is 17.8 Å². The van der Waals surface area contributed by atoms with E-state index in [9.17, 15) is 9.59 Å². The van der Waals surface area contributed by atoms with Gasteiger partial charge in [0.25, 0.3) is 5.91 Å². The van der Waals surface area contributed by atoms with Crippen molar-refractivity contribution in [2.45, 2.75) is 32.6 Å². The minimum Gasteiger partial charge on any atom is -0.339 e. The number of nitrogens with one attached hydrogen (secondary N) is 2. The van der Waals surface area contributed by atoms with Gasteiger partial charge in [-0.1, -0.05) is 13.0 Å². The molecule has 1 aliphatic carbocycles. The number of anilines is 1. The first-order valence-corrected chi connectivity index (χ1v) is 9.43. The van der Waals surface area contributed by atoms with E-state index in [0.29, 0.717) is 17.4 Å². The molecule has 1 saturated carbocycles. The van der Waals surface area contributed by atoms with Crippen LogP contribution in [0.25, 0.3) is 0 Å². The van der Waals surface area contributed by atoms with Gasteiger partial charge in [-0.05, 0) is 69.3 Å². The van der Waals surface area contributed by atoms with Crippen LogP contribution in [-0.4, -0.2) is 43.4 Å². The van der Waals surface area contributed by atoms with Crippen LogP contribution in [0, 0.1) is 17.8 Å². The molecule has 1 aliphatic heterocycles. The number of benzene rings is 1. The molecule has 1 aromatic rings. The molecular formula is C20H29N3O2. The zero-order valence-corrected chi connectivity index (χ0v) is 15.3. The normalized spacial score (nSPS) is 23.4. The van der Waals surface area contributed by atoms with Gasteiger partial charge < -0.3 is 15.5 Å². The molecule has 2 fully saturated rings. The fraction of sp³-hybridized carbons (Fsp3) is 0.600. The Kier molecular flexibility index (Phi) is 5.74. The average Bonchev–Trinajstić information content (AvgIpc) is 3.37. The highest BCUT2D eigenvalue weighted by molar-refractivity contribution is 5.98. The van der Waals surface area contributed by atoms with Crippen LogP contribution in [0.4, 0.5) is 5.69 Å². The van der Waals surface area contributed by atoms with Crippen LogP contribution in [0.5, 0.6) is 0 Å². The van der Waals surface area contributed by atoms with Crippen molar-refractivity contribution >= 4 is 17.5 Å². The molecular weight excluding hydrogens is 314 g/mol. The Bertz CT molecular complexity index is 623. The standard InChI is InChI=1S/C20H29N3O2/c1-14-12-18(14)19(24)22-17-5-3-4-16(13-17)20(25)23-10-7-15(8-11-23)6-9-21-2/h3-5,13-15,18,21H,6-12H2,1-2H3,(H,22,24). The Morgan fingerprint density at radius 1 is 1.24 bits per heavy atom. The molecule has 1 saturated heterocycles. The fourth-order valence-corrected chi connectivity index (χ4v) is 3.61. The van der Waals surface area contributed by atoms with E-state index in [0.717, 1.165) is 44.6 Å². The molecule has 0 radical (unpaired) electrons. The minimum atomic E-state index is 0.0717. The first-order valence-electron chi connectivity index (χ1n) is 9.43. The fourth-order valence-electron chi connectivity index (χ4n) is 3.61. The van der Waals surface area contributed by atoms with E-state index < -0.39 is 0 Å².